The SMILES string of the molecule is CCN(Cc1nc2cccc(N3CCN(C)CC3)c2n1C)C1CCCc2cccnc21. The summed E-state index contributed by atoms with van der Waals surface area (Å²) in [6.07, 6.45) is 5.50. The van der Waals surface area contributed by atoms with Crippen LogP contribution in [0.1, 0.15) is 42.9 Å². The van der Waals surface area contributed by atoms with E-state index in [-0.39, 0.29) is 0 Å². The van der Waals surface area contributed by atoms with Crippen LogP contribution in [-0.2, 0) is 20.0 Å². The van der Waals surface area contributed by atoms with Gasteiger partial charge < -0.3 is 14.4 Å². The minimum absolute atomic E-state index is 0.381. The quantitative estimate of drug-likeness (QED) is 0.633. The van der Waals surface area contributed by atoms with E-state index in [9.17, 15) is 0 Å². The molecule has 164 valence electrons. The molecule has 3 heterocycles. The Morgan fingerprint density at radius 3 is 2.71 bits per heavy atom. The largest absolute Gasteiger partial charge is 0.367 e. The molecule has 6 nitrogen and oxygen atoms in total. The van der Waals surface area contributed by atoms with Gasteiger partial charge in [0.1, 0.15) is 5.82 Å². The summed E-state index contributed by atoms with van der Waals surface area (Å²) in [5.74, 6) is 1.14. The summed E-state index contributed by atoms with van der Waals surface area (Å²) in [5.41, 5.74) is 6.37. The summed E-state index contributed by atoms with van der Waals surface area (Å²) >= 11 is 0. The fraction of sp³-hybridized carbons (Fsp3) is 0.520. The third-order valence-corrected chi connectivity index (χ3v) is 7.17. The summed E-state index contributed by atoms with van der Waals surface area (Å²) in [4.78, 5) is 17.3. The number of aromatic nitrogens is 3. The van der Waals surface area contributed by atoms with Gasteiger partial charge in [0.05, 0.1) is 35.0 Å². The van der Waals surface area contributed by atoms with Gasteiger partial charge in [-0.2, -0.15) is 0 Å². The Hall–Kier alpha value is -2.44. The normalized spacial score (nSPS) is 19.9. The molecule has 1 aliphatic heterocycles. The first-order chi connectivity index (χ1) is 15.2. The van der Waals surface area contributed by atoms with Gasteiger partial charge in [-0.15, -0.1) is 0 Å². The van der Waals surface area contributed by atoms with E-state index in [1.807, 2.05) is 6.20 Å². The lowest BCUT2D eigenvalue weighted by molar-refractivity contribution is 0.169. The molecule has 6 heteroatoms. The van der Waals surface area contributed by atoms with Crippen molar-refractivity contribution in [2.24, 2.45) is 7.05 Å². The molecule has 1 aromatic carbocycles. The zero-order valence-corrected chi connectivity index (χ0v) is 19.1. The topological polar surface area (TPSA) is 40.4 Å². The predicted octanol–water partition coefficient (Wildman–Crippen LogP) is 3.62. The highest BCUT2D eigenvalue weighted by atomic mass is 15.3. The van der Waals surface area contributed by atoms with Gasteiger partial charge in [0.25, 0.3) is 0 Å². The molecule has 1 aliphatic carbocycles. The Morgan fingerprint density at radius 2 is 1.90 bits per heavy atom. The molecule has 1 atom stereocenters. The lowest BCUT2D eigenvalue weighted by atomic mass is 9.91. The number of aryl methyl sites for hydroxylation is 2. The summed E-state index contributed by atoms with van der Waals surface area (Å²) in [6, 6.07) is 11.3. The van der Waals surface area contributed by atoms with Gasteiger partial charge in [0, 0.05) is 39.4 Å². The number of anilines is 1. The van der Waals surface area contributed by atoms with Crippen LogP contribution in [0.25, 0.3) is 11.0 Å². The molecule has 0 amide bonds. The Labute approximate surface area is 185 Å². The number of likely N-dealkylation sites (N-methyl/N-ethyl adjacent to an activating group) is 1. The van der Waals surface area contributed by atoms with Crippen LogP contribution in [0.15, 0.2) is 36.5 Å². The molecule has 0 saturated carbocycles. The average molecular weight is 419 g/mol. The molecular weight excluding hydrogens is 384 g/mol. The maximum absolute atomic E-state index is 5.09. The molecule has 2 aliphatic rings. The summed E-state index contributed by atoms with van der Waals surface area (Å²) < 4.78 is 2.33. The maximum atomic E-state index is 5.09. The van der Waals surface area contributed by atoms with Crippen LogP contribution in [-0.4, -0.2) is 64.1 Å². The Balaban J connectivity index is 1.46. The van der Waals surface area contributed by atoms with Crippen molar-refractivity contribution in [3.05, 3.63) is 53.6 Å². The van der Waals surface area contributed by atoms with Crippen molar-refractivity contribution in [3.8, 4) is 0 Å². The van der Waals surface area contributed by atoms with Crippen molar-refractivity contribution >= 4 is 16.7 Å². The third-order valence-electron chi connectivity index (χ3n) is 7.17. The second-order valence-electron chi connectivity index (χ2n) is 9.04. The number of hydrogen-bond acceptors (Lipinski definition) is 5. The first-order valence-electron chi connectivity index (χ1n) is 11.7. The summed E-state index contributed by atoms with van der Waals surface area (Å²) in [6.45, 7) is 8.47. The fourth-order valence-corrected chi connectivity index (χ4v) is 5.30. The first kappa shape index (κ1) is 20.5. The molecule has 0 spiro atoms. The summed E-state index contributed by atoms with van der Waals surface area (Å²) in [5, 5.41) is 0. The second kappa shape index (κ2) is 8.60. The second-order valence-corrected chi connectivity index (χ2v) is 9.04. The highest BCUT2D eigenvalue weighted by Crippen LogP contribution is 2.34. The van der Waals surface area contributed by atoms with Crippen molar-refractivity contribution in [3.63, 3.8) is 0 Å². The van der Waals surface area contributed by atoms with Crippen molar-refractivity contribution in [1.29, 1.82) is 0 Å². The van der Waals surface area contributed by atoms with Crippen LogP contribution in [0, 0.1) is 0 Å². The number of imidazole rings is 1. The zero-order chi connectivity index (χ0) is 21.4. The van der Waals surface area contributed by atoms with E-state index in [1.165, 1.54) is 35.3 Å². The molecular formula is C25H34N6. The summed E-state index contributed by atoms with van der Waals surface area (Å²) in [7, 11) is 4.39. The Morgan fingerprint density at radius 1 is 1.06 bits per heavy atom. The monoisotopic (exact) mass is 418 g/mol. The molecule has 0 bridgehead atoms. The van der Waals surface area contributed by atoms with E-state index in [2.05, 4.69) is 70.6 Å². The molecule has 1 fully saturated rings. The van der Waals surface area contributed by atoms with Crippen LogP contribution in [0.3, 0.4) is 0 Å². The van der Waals surface area contributed by atoms with E-state index in [0.717, 1.165) is 57.0 Å². The predicted molar refractivity (Wildman–Crippen MR) is 126 cm³/mol. The van der Waals surface area contributed by atoms with Gasteiger partial charge in [-0.3, -0.25) is 9.88 Å². The molecule has 5 rings (SSSR count). The van der Waals surface area contributed by atoms with Crippen LogP contribution in [0.2, 0.25) is 0 Å². The molecule has 0 radical (unpaired) electrons. The van der Waals surface area contributed by atoms with E-state index in [1.54, 1.807) is 0 Å². The van der Waals surface area contributed by atoms with E-state index >= 15 is 0 Å². The molecule has 2 aromatic heterocycles. The van der Waals surface area contributed by atoms with Gasteiger partial charge in [-0.25, -0.2) is 4.98 Å². The van der Waals surface area contributed by atoms with Crippen molar-refractivity contribution in [1.82, 2.24) is 24.3 Å². The number of benzene rings is 1. The number of para-hydroxylation sites is 1. The average Bonchev–Trinajstić information content (AvgIpc) is 3.13. The van der Waals surface area contributed by atoms with Crippen LogP contribution in [0.5, 0.6) is 0 Å². The van der Waals surface area contributed by atoms with Crippen LogP contribution >= 0.6 is 0 Å². The third kappa shape index (κ3) is 3.83. The number of fused-ring (bicyclic) bond motifs is 2. The number of nitrogens with zero attached hydrogens (tertiary/aromatic N) is 6. The van der Waals surface area contributed by atoms with Crippen molar-refractivity contribution in [2.75, 3.05) is 44.7 Å². The van der Waals surface area contributed by atoms with Crippen molar-refractivity contribution < 1.29 is 0 Å². The number of pyridine rings is 1. The fourth-order valence-electron chi connectivity index (χ4n) is 5.30. The van der Waals surface area contributed by atoms with E-state index in [0.29, 0.717) is 6.04 Å². The van der Waals surface area contributed by atoms with Gasteiger partial charge >= 0.3 is 0 Å². The lowest BCUT2D eigenvalue weighted by Crippen LogP contribution is -2.44. The molecule has 3 aromatic rings. The van der Waals surface area contributed by atoms with Gasteiger partial charge in [0.2, 0.25) is 0 Å². The highest BCUT2D eigenvalue weighted by Gasteiger charge is 2.28. The number of hydrogen-bond donors (Lipinski definition) is 0. The zero-order valence-electron chi connectivity index (χ0n) is 19.1. The minimum Gasteiger partial charge on any atom is -0.367 e. The van der Waals surface area contributed by atoms with Gasteiger partial charge in [-0.05, 0) is 56.6 Å². The lowest BCUT2D eigenvalue weighted by Gasteiger charge is -2.34. The molecule has 1 unspecified atom stereocenters. The smallest absolute Gasteiger partial charge is 0.123 e. The van der Waals surface area contributed by atoms with Gasteiger partial charge in [-0.1, -0.05) is 19.1 Å². The first-order valence-corrected chi connectivity index (χ1v) is 11.7. The van der Waals surface area contributed by atoms with E-state index < -0.39 is 0 Å². The molecule has 0 N–H and O–H groups in total. The number of rotatable bonds is 5. The van der Waals surface area contributed by atoms with Gasteiger partial charge in [0.15, 0.2) is 0 Å². The van der Waals surface area contributed by atoms with Crippen LogP contribution in [0.4, 0.5) is 5.69 Å². The number of piperazine rings is 1. The van der Waals surface area contributed by atoms with E-state index in [4.69, 9.17) is 9.97 Å². The van der Waals surface area contributed by atoms with Crippen molar-refractivity contribution in [2.45, 2.75) is 38.8 Å². The molecule has 31 heavy (non-hydrogen) atoms. The standard InChI is InChI=1S/C25H34N6/c1-4-30(21-11-5-8-19-9-7-13-26-24(19)21)18-23-27-20-10-6-12-22(25(20)29(23)3)31-16-14-28(2)15-17-31/h6-7,9-10,12-13,21H,4-5,8,11,14-18H2,1-3H3. The highest BCUT2D eigenvalue weighted by molar-refractivity contribution is 5.89. The molecule has 1 saturated heterocycles. The minimum atomic E-state index is 0.381. The maximum Gasteiger partial charge on any atom is 0.123 e. The van der Waals surface area contributed by atoms with Crippen LogP contribution < -0.4 is 4.90 Å². The Bertz CT molecular complexity index is 1050. The Kier molecular flexibility index (Phi) is 5.67.